The summed E-state index contributed by atoms with van der Waals surface area (Å²) in [6, 6.07) is 12.1. The molecule has 0 heterocycles. The molecule has 0 radical (unpaired) electrons. The molecule has 2 aromatic rings. The van der Waals surface area contributed by atoms with Crippen molar-refractivity contribution in [2.24, 2.45) is 0 Å². The molecule has 1 nitrogen and oxygen atoms in total. The van der Waals surface area contributed by atoms with Gasteiger partial charge in [0.15, 0.2) is 0 Å². The molecular weight excluding hydrogens is 273 g/mol. The van der Waals surface area contributed by atoms with Gasteiger partial charge in [-0.25, -0.2) is 4.39 Å². The van der Waals surface area contributed by atoms with Crippen LogP contribution in [0.4, 0.5) is 4.39 Å². The average molecular weight is 299 g/mol. The summed E-state index contributed by atoms with van der Waals surface area (Å²) in [6.07, 6.45) is 0. The van der Waals surface area contributed by atoms with Gasteiger partial charge in [-0.3, -0.25) is 4.90 Å². The second kappa shape index (κ2) is 7.06. The van der Waals surface area contributed by atoms with E-state index in [1.165, 1.54) is 22.3 Å². The Balaban J connectivity index is 2.63. The molecule has 22 heavy (non-hydrogen) atoms. The maximum Gasteiger partial charge on any atom is 0.126 e. The number of nitrogens with zero attached hydrogens (tertiary/aromatic N) is 1. The molecule has 0 N–H and O–H groups in total. The van der Waals surface area contributed by atoms with Crippen molar-refractivity contribution in [3.63, 3.8) is 0 Å². The van der Waals surface area contributed by atoms with Gasteiger partial charge in [0, 0.05) is 0 Å². The smallest absolute Gasteiger partial charge is 0.126 e. The quantitative estimate of drug-likeness (QED) is 0.735. The molecule has 2 heteroatoms. The van der Waals surface area contributed by atoms with Crippen LogP contribution in [0.5, 0.6) is 0 Å². The van der Waals surface area contributed by atoms with Gasteiger partial charge in [-0.2, -0.15) is 0 Å². The van der Waals surface area contributed by atoms with Gasteiger partial charge in [-0.15, -0.1) is 0 Å². The molecule has 0 amide bonds. The van der Waals surface area contributed by atoms with Crippen LogP contribution in [0.1, 0.15) is 47.7 Å². The maximum atomic E-state index is 13.7. The first kappa shape index (κ1) is 16.7. The third kappa shape index (κ3) is 3.22. The van der Waals surface area contributed by atoms with Crippen LogP contribution >= 0.6 is 0 Å². The van der Waals surface area contributed by atoms with E-state index in [9.17, 15) is 4.39 Å². The Hall–Kier alpha value is -1.67. The molecule has 2 aromatic carbocycles. The van der Waals surface area contributed by atoms with E-state index in [0.717, 1.165) is 13.1 Å². The summed E-state index contributed by atoms with van der Waals surface area (Å²) in [5, 5.41) is 0. The number of aryl methyl sites for hydroxylation is 3. The fourth-order valence-electron chi connectivity index (χ4n) is 3.25. The fraction of sp³-hybridized carbons (Fsp3) is 0.400. The Morgan fingerprint density at radius 3 is 2.00 bits per heavy atom. The zero-order chi connectivity index (χ0) is 16.3. The van der Waals surface area contributed by atoms with Crippen molar-refractivity contribution in [3.8, 4) is 0 Å². The molecule has 0 aliphatic rings. The molecule has 0 fully saturated rings. The van der Waals surface area contributed by atoms with Crippen molar-refractivity contribution in [1.29, 1.82) is 0 Å². The number of hydrogen-bond acceptors (Lipinski definition) is 1. The Morgan fingerprint density at radius 1 is 0.909 bits per heavy atom. The first-order valence-electron chi connectivity index (χ1n) is 8.05. The van der Waals surface area contributed by atoms with E-state index in [0.29, 0.717) is 5.56 Å². The Kier molecular flexibility index (Phi) is 5.36. The van der Waals surface area contributed by atoms with Crippen LogP contribution in [0.2, 0.25) is 0 Å². The lowest BCUT2D eigenvalue weighted by molar-refractivity contribution is 0.249. The summed E-state index contributed by atoms with van der Waals surface area (Å²) >= 11 is 0. The SMILES string of the molecule is CCN(CC)C(c1ccc(F)c(C)c1)c1c(C)cccc1C. The molecule has 0 saturated carbocycles. The second-order valence-corrected chi connectivity index (χ2v) is 5.94. The first-order valence-corrected chi connectivity index (χ1v) is 8.05. The van der Waals surface area contributed by atoms with Crippen molar-refractivity contribution in [2.45, 2.75) is 40.7 Å². The fourth-order valence-corrected chi connectivity index (χ4v) is 3.25. The molecule has 0 aliphatic heterocycles. The van der Waals surface area contributed by atoms with Crippen LogP contribution in [0.3, 0.4) is 0 Å². The van der Waals surface area contributed by atoms with E-state index in [2.05, 4.69) is 50.8 Å². The van der Waals surface area contributed by atoms with Crippen LogP contribution in [-0.4, -0.2) is 18.0 Å². The van der Waals surface area contributed by atoms with Crippen molar-refractivity contribution in [1.82, 2.24) is 4.90 Å². The molecular formula is C20H26FN. The van der Waals surface area contributed by atoms with Crippen LogP contribution in [0, 0.1) is 26.6 Å². The Bertz CT molecular complexity index is 624. The Morgan fingerprint density at radius 2 is 1.50 bits per heavy atom. The van der Waals surface area contributed by atoms with E-state index in [1.807, 2.05) is 19.1 Å². The van der Waals surface area contributed by atoms with E-state index in [1.54, 1.807) is 6.07 Å². The minimum absolute atomic E-state index is 0.136. The van der Waals surface area contributed by atoms with Gasteiger partial charge in [0.25, 0.3) is 0 Å². The topological polar surface area (TPSA) is 3.24 Å². The maximum absolute atomic E-state index is 13.7. The van der Waals surface area contributed by atoms with E-state index in [-0.39, 0.29) is 11.9 Å². The van der Waals surface area contributed by atoms with Gasteiger partial charge in [0.2, 0.25) is 0 Å². The third-order valence-corrected chi connectivity index (χ3v) is 4.49. The normalized spacial score (nSPS) is 12.7. The number of hydrogen-bond donors (Lipinski definition) is 0. The highest BCUT2D eigenvalue weighted by atomic mass is 19.1. The number of rotatable bonds is 5. The summed E-state index contributed by atoms with van der Waals surface area (Å²) in [7, 11) is 0. The van der Waals surface area contributed by atoms with E-state index in [4.69, 9.17) is 0 Å². The summed E-state index contributed by atoms with van der Waals surface area (Å²) in [5.41, 5.74) is 5.80. The zero-order valence-corrected chi connectivity index (χ0v) is 14.3. The summed E-state index contributed by atoms with van der Waals surface area (Å²) in [4.78, 5) is 2.43. The highest BCUT2D eigenvalue weighted by molar-refractivity contribution is 5.43. The molecule has 0 saturated heterocycles. The largest absolute Gasteiger partial charge is 0.293 e. The van der Waals surface area contributed by atoms with Crippen LogP contribution < -0.4 is 0 Å². The first-order chi connectivity index (χ1) is 10.5. The minimum Gasteiger partial charge on any atom is -0.293 e. The van der Waals surface area contributed by atoms with Crippen molar-refractivity contribution < 1.29 is 4.39 Å². The van der Waals surface area contributed by atoms with Gasteiger partial charge < -0.3 is 0 Å². The van der Waals surface area contributed by atoms with E-state index < -0.39 is 0 Å². The molecule has 1 unspecified atom stereocenters. The second-order valence-electron chi connectivity index (χ2n) is 5.94. The van der Waals surface area contributed by atoms with Crippen molar-refractivity contribution in [3.05, 3.63) is 70.0 Å². The average Bonchev–Trinajstić information content (AvgIpc) is 2.49. The van der Waals surface area contributed by atoms with Gasteiger partial charge in [0.05, 0.1) is 6.04 Å². The van der Waals surface area contributed by atoms with Gasteiger partial charge in [-0.1, -0.05) is 44.2 Å². The lowest BCUT2D eigenvalue weighted by Gasteiger charge is -2.33. The summed E-state index contributed by atoms with van der Waals surface area (Å²) in [6.45, 7) is 12.4. The lowest BCUT2D eigenvalue weighted by atomic mass is 9.89. The third-order valence-electron chi connectivity index (χ3n) is 4.49. The van der Waals surface area contributed by atoms with Gasteiger partial charge in [0.1, 0.15) is 5.82 Å². The van der Waals surface area contributed by atoms with Crippen LogP contribution in [0.15, 0.2) is 36.4 Å². The lowest BCUT2D eigenvalue weighted by Crippen LogP contribution is -2.30. The molecule has 0 aromatic heterocycles. The van der Waals surface area contributed by atoms with Crippen molar-refractivity contribution in [2.75, 3.05) is 13.1 Å². The standard InChI is InChI=1S/C20H26FN/c1-6-22(7-2)20(17-11-12-18(21)16(5)13-17)19-14(3)9-8-10-15(19)4/h8-13,20H,6-7H2,1-5H3. The predicted octanol–water partition coefficient (Wildman–Crippen LogP) is 5.18. The molecule has 1 atom stereocenters. The molecule has 0 bridgehead atoms. The highest BCUT2D eigenvalue weighted by Gasteiger charge is 2.23. The van der Waals surface area contributed by atoms with Crippen molar-refractivity contribution >= 4 is 0 Å². The Labute approximate surface area is 133 Å². The molecule has 2 rings (SSSR count). The summed E-state index contributed by atoms with van der Waals surface area (Å²) in [5.74, 6) is -0.136. The monoisotopic (exact) mass is 299 g/mol. The predicted molar refractivity (Wildman–Crippen MR) is 91.8 cm³/mol. The number of benzene rings is 2. The molecule has 0 aliphatic carbocycles. The van der Waals surface area contributed by atoms with Crippen LogP contribution in [0.25, 0.3) is 0 Å². The molecule has 118 valence electrons. The molecule has 0 spiro atoms. The van der Waals surface area contributed by atoms with Crippen LogP contribution in [-0.2, 0) is 0 Å². The number of halogens is 1. The minimum atomic E-state index is -0.136. The highest BCUT2D eigenvalue weighted by Crippen LogP contribution is 2.33. The van der Waals surface area contributed by atoms with Gasteiger partial charge in [-0.05, 0) is 67.7 Å². The zero-order valence-electron chi connectivity index (χ0n) is 14.3. The van der Waals surface area contributed by atoms with E-state index >= 15 is 0 Å². The summed E-state index contributed by atoms with van der Waals surface area (Å²) < 4.78 is 13.7. The van der Waals surface area contributed by atoms with Gasteiger partial charge >= 0.3 is 0 Å².